The van der Waals surface area contributed by atoms with Crippen molar-refractivity contribution in [2.24, 2.45) is 0 Å². The second kappa shape index (κ2) is 10.5. The van der Waals surface area contributed by atoms with E-state index in [0.29, 0.717) is 26.2 Å². The van der Waals surface area contributed by atoms with Crippen molar-refractivity contribution < 1.29 is 17.6 Å². The number of nitrogens with zero attached hydrogens (tertiary/aromatic N) is 3. The van der Waals surface area contributed by atoms with Crippen LogP contribution in [0.15, 0.2) is 41.8 Å². The van der Waals surface area contributed by atoms with Crippen molar-refractivity contribution in [1.29, 1.82) is 0 Å². The molecule has 0 bridgehead atoms. The summed E-state index contributed by atoms with van der Waals surface area (Å²) < 4.78 is 39.1. The zero-order valence-corrected chi connectivity index (χ0v) is 18.8. The Morgan fingerprint density at radius 2 is 1.83 bits per heavy atom. The second-order valence-electron chi connectivity index (χ2n) is 7.60. The summed E-state index contributed by atoms with van der Waals surface area (Å²) in [6, 6.07) is 9.87. The topological polar surface area (TPSA) is 60.9 Å². The lowest BCUT2D eigenvalue weighted by Gasteiger charge is -2.27. The predicted octanol–water partition coefficient (Wildman–Crippen LogP) is 2.77. The quantitative estimate of drug-likeness (QED) is 0.555. The van der Waals surface area contributed by atoms with Gasteiger partial charge in [0.1, 0.15) is 5.82 Å². The van der Waals surface area contributed by atoms with E-state index in [4.69, 9.17) is 0 Å². The van der Waals surface area contributed by atoms with Gasteiger partial charge in [-0.25, -0.2) is 12.8 Å². The molecule has 30 heavy (non-hydrogen) atoms. The molecule has 164 valence electrons. The number of hydrogen-bond donors (Lipinski definition) is 0. The summed E-state index contributed by atoms with van der Waals surface area (Å²) in [4.78, 5) is 18.0. The summed E-state index contributed by atoms with van der Waals surface area (Å²) in [5.41, 5.74) is 0.796. The fourth-order valence-electron chi connectivity index (χ4n) is 3.51. The Balaban J connectivity index is 1.70. The van der Waals surface area contributed by atoms with E-state index in [1.807, 2.05) is 17.5 Å². The van der Waals surface area contributed by atoms with Gasteiger partial charge in [0.05, 0.1) is 19.3 Å². The number of likely N-dealkylation sites (tertiary alicyclic amines) is 1. The van der Waals surface area contributed by atoms with Gasteiger partial charge in [0.25, 0.3) is 0 Å². The van der Waals surface area contributed by atoms with Crippen LogP contribution in [-0.4, -0.2) is 67.4 Å². The van der Waals surface area contributed by atoms with E-state index in [0.717, 1.165) is 42.6 Å². The van der Waals surface area contributed by atoms with Crippen LogP contribution in [0.5, 0.6) is 0 Å². The van der Waals surface area contributed by atoms with Crippen LogP contribution >= 0.6 is 11.3 Å². The summed E-state index contributed by atoms with van der Waals surface area (Å²) in [6.45, 7) is 3.36. The minimum Gasteiger partial charge on any atom is -0.332 e. The van der Waals surface area contributed by atoms with Gasteiger partial charge in [-0.15, -0.1) is 11.3 Å². The predicted molar refractivity (Wildman–Crippen MR) is 117 cm³/mol. The highest BCUT2D eigenvalue weighted by atomic mass is 32.2. The smallest absolute Gasteiger partial charge is 0.238 e. The van der Waals surface area contributed by atoms with E-state index < -0.39 is 10.0 Å². The minimum absolute atomic E-state index is 0.195. The summed E-state index contributed by atoms with van der Waals surface area (Å²) >= 11 is 1.54. The number of sulfonamides is 1. The Kier molecular flexibility index (Phi) is 7.99. The van der Waals surface area contributed by atoms with E-state index in [1.54, 1.807) is 28.4 Å². The average molecular weight is 454 g/mol. The number of carbonyl (C=O) groups excluding carboxylic acids is 1. The molecule has 0 radical (unpaired) electrons. The highest BCUT2D eigenvalue weighted by Crippen LogP contribution is 2.16. The summed E-state index contributed by atoms with van der Waals surface area (Å²) in [6.07, 6.45) is 3.40. The highest BCUT2D eigenvalue weighted by molar-refractivity contribution is 7.88. The molecule has 1 aromatic carbocycles. The Bertz CT molecular complexity index is 911. The Morgan fingerprint density at radius 1 is 1.13 bits per heavy atom. The first-order valence-corrected chi connectivity index (χ1v) is 12.8. The van der Waals surface area contributed by atoms with Gasteiger partial charge in [0.2, 0.25) is 15.9 Å². The maximum absolute atomic E-state index is 13.2. The maximum atomic E-state index is 13.2. The van der Waals surface area contributed by atoms with Crippen molar-refractivity contribution in [1.82, 2.24) is 14.1 Å². The van der Waals surface area contributed by atoms with Crippen LogP contribution in [0.3, 0.4) is 0 Å². The van der Waals surface area contributed by atoms with Gasteiger partial charge in [0.15, 0.2) is 0 Å². The fourth-order valence-corrected chi connectivity index (χ4v) is 4.98. The monoisotopic (exact) mass is 453 g/mol. The molecule has 1 amide bonds. The third-order valence-electron chi connectivity index (χ3n) is 5.21. The minimum atomic E-state index is -3.51. The van der Waals surface area contributed by atoms with E-state index in [2.05, 4.69) is 4.90 Å². The first kappa shape index (κ1) is 22.9. The van der Waals surface area contributed by atoms with E-state index >= 15 is 0 Å². The van der Waals surface area contributed by atoms with Crippen LogP contribution in [0.2, 0.25) is 0 Å². The van der Waals surface area contributed by atoms with E-state index in [9.17, 15) is 17.6 Å². The van der Waals surface area contributed by atoms with Gasteiger partial charge in [-0.3, -0.25) is 4.79 Å². The second-order valence-corrected chi connectivity index (χ2v) is 10.6. The lowest BCUT2D eigenvalue weighted by Crippen LogP contribution is -2.44. The van der Waals surface area contributed by atoms with Gasteiger partial charge in [-0.1, -0.05) is 18.2 Å². The number of rotatable bonds is 10. The molecule has 1 saturated heterocycles. The first-order valence-electron chi connectivity index (χ1n) is 10.0. The standard InChI is InChI=1S/C21H28FN3O3S2/c1-30(27,28)25(13-12-23-10-2-3-11-23)17-21(26)24(16-20-5-4-14-29-20)15-18-6-8-19(22)9-7-18/h4-9,14H,2-3,10-13,15-17H2,1H3. The number of hydrogen-bond acceptors (Lipinski definition) is 5. The van der Waals surface area contributed by atoms with Gasteiger partial charge in [-0.05, 0) is 55.1 Å². The molecule has 1 aromatic heterocycles. The molecule has 0 aliphatic carbocycles. The molecule has 2 aromatic rings. The fraction of sp³-hybridized carbons (Fsp3) is 0.476. The number of halogens is 1. The molecule has 2 heterocycles. The molecule has 0 unspecified atom stereocenters. The highest BCUT2D eigenvalue weighted by Gasteiger charge is 2.25. The molecule has 1 fully saturated rings. The molecule has 0 N–H and O–H groups in total. The van der Waals surface area contributed by atoms with Crippen molar-refractivity contribution in [3.05, 3.63) is 58.0 Å². The average Bonchev–Trinajstić information content (AvgIpc) is 3.39. The normalized spacial score (nSPS) is 15.0. The van der Waals surface area contributed by atoms with Crippen LogP contribution in [0, 0.1) is 5.82 Å². The third-order valence-corrected chi connectivity index (χ3v) is 7.32. The summed E-state index contributed by atoms with van der Waals surface area (Å²) in [5.74, 6) is -0.598. The van der Waals surface area contributed by atoms with Gasteiger partial charge in [-0.2, -0.15) is 4.31 Å². The SMILES string of the molecule is CS(=O)(=O)N(CCN1CCCC1)CC(=O)N(Cc1ccc(F)cc1)Cc1cccs1. The Morgan fingerprint density at radius 3 is 2.43 bits per heavy atom. The molecule has 1 aliphatic rings. The van der Waals surface area contributed by atoms with Gasteiger partial charge in [0, 0.05) is 24.5 Å². The van der Waals surface area contributed by atoms with Crippen molar-refractivity contribution in [2.45, 2.75) is 25.9 Å². The molecule has 0 saturated carbocycles. The molecule has 6 nitrogen and oxygen atoms in total. The number of amides is 1. The Labute approximate surface area is 182 Å². The third kappa shape index (κ3) is 6.87. The lowest BCUT2D eigenvalue weighted by atomic mass is 10.2. The largest absolute Gasteiger partial charge is 0.332 e. The van der Waals surface area contributed by atoms with Crippen molar-refractivity contribution >= 4 is 27.3 Å². The van der Waals surface area contributed by atoms with Crippen LogP contribution in [0.4, 0.5) is 4.39 Å². The molecule has 3 rings (SSSR count). The molecule has 0 atom stereocenters. The summed E-state index contributed by atoms with van der Waals surface area (Å²) in [5, 5.41) is 1.94. The summed E-state index contributed by atoms with van der Waals surface area (Å²) in [7, 11) is -3.51. The Hall–Kier alpha value is -1.81. The van der Waals surface area contributed by atoms with Crippen molar-refractivity contribution in [2.75, 3.05) is 39.0 Å². The van der Waals surface area contributed by atoms with Crippen molar-refractivity contribution in [3.8, 4) is 0 Å². The van der Waals surface area contributed by atoms with Gasteiger partial charge >= 0.3 is 0 Å². The van der Waals surface area contributed by atoms with Gasteiger partial charge < -0.3 is 9.80 Å². The zero-order chi connectivity index (χ0) is 21.6. The van der Waals surface area contributed by atoms with Crippen LogP contribution in [0.25, 0.3) is 0 Å². The molecular weight excluding hydrogens is 425 g/mol. The molecule has 1 aliphatic heterocycles. The lowest BCUT2D eigenvalue weighted by molar-refractivity contribution is -0.132. The van der Waals surface area contributed by atoms with Crippen LogP contribution in [-0.2, 0) is 27.9 Å². The number of carbonyl (C=O) groups is 1. The first-order chi connectivity index (χ1) is 14.3. The zero-order valence-electron chi connectivity index (χ0n) is 17.2. The van der Waals surface area contributed by atoms with E-state index in [-0.39, 0.29) is 18.3 Å². The van der Waals surface area contributed by atoms with Crippen LogP contribution in [0.1, 0.15) is 23.3 Å². The maximum Gasteiger partial charge on any atom is 0.238 e. The number of benzene rings is 1. The van der Waals surface area contributed by atoms with E-state index in [1.165, 1.54) is 16.4 Å². The molecule has 0 spiro atoms. The van der Waals surface area contributed by atoms with Crippen LogP contribution < -0.4 is 0 Å². The molecule has 9 heteroatoms. The molecular formula is C21H28FN3O3S2. The van der Waals surface area contributed by atoms with Crippen molar-refractivity contribution in [3.63, 3.8) is 0 Å². The number of thiophene rings is 1.